The molecule has 0 atom stereocenters. The van der Waals surface area contributed by atoms with Crippen LogP contribution in [-0.2, 0) is 0 Å². The lowest BCUT2D eigenvalue weighted by molar-refractivity contribution is -0.389. The summed E-state index contributed by atoms with van der Waals surface area (Å²) >= 11 is 6.51. The van der Waals surface area contributed by atoms with Gasteiger partial charge in [0.2, 0.25) is 5.28 Å². The van der Waals surface area contributed by atoms with Crippen molar-refractivity contribution in [2.75, 3.05) is 0 Å². The van der Waals surface area contributed by atoms with E-state index in [0.717, 1.165) is 11.8 Å². The SMILES string of the molecule is Cc1nc(Cl)nc(Sc2nccc(=O)[nH]2)c1[N+](=O)[O-]. The van der Waals surface area contributed by atoms with E-state index in [1.165, 1.54) is 19.2 Å². The summed E-state index contributed by atoms with van der Waals surface area (Å²) in [6.45, 7) is 1.46. The Morgan fingerprint density at radius 1 is 1.47 bits per heavy atom. The lowest BCUT2D eigenvalue weighted by Gasteiger charge is -2.03. The second-order valence-electron chi connectivity index (χ2n) is 3.33. The normalized spacial score (nSPS) is 10.4. The molecule has 10 heteroatoms. The Labute approximate surface area is 115 Å². The smallest absolute Gasteiger partial charge is 0.301 e. The summed E-state index contributed by atoms with van der Waals surface area (Å²) in [6.07, 6.45) is 1.29. The van der Waals surface area contributed by atoms with E-state index in [4.69, 9.17) is 11.6 Å². The fraction of sp³-hybridized carbons (Fsp3) is 0.111. The van der Waals surface area contributed by atoms with Gasteiger partial charge in [-0.25, -0.2) is 15.0 Å². The van der Waals surface area contributed by atoms with Crippen LogP contribution in [0.25, 0.3) is 0 Å². The van der Waals surface area contributed by atoms with Gasteiger partial charge >= 0.3 is 5.69 Å². The Bertz CT molecular complexity index is 704. The van der Waals surface area contributed by atoms with Gasteiger partial charge in [0, 0.05) is 12.3 Å². The van der Waals surface area contributed by atoms with Crippen LogP contribution in [0.5, 0.6) is 0 Å². The molecule has 2 aromatic rings. The number of aryl methyl sites for hydroxylation is 1. The summed E-state index contributed by atoms with van der Waals surface area (Å²) < 4.78 is 0. The first-order valence-electron chi connectivity index (χ1n) is 4.89. The molecule has 0 saturated heterocycles. The van der Waals surface area contributed by atoms with Gasteiger partial charge in [-0.3, -0.25) is 14.9 Å². The van der Waals surface area contributed by atoms with Crippen LogP contribution in [-0.4, -0.2) is 24.9 Å². The first-order valence-corrected chi connectivity index (χ1v) is 6.08. The first kappa shape index (κ1) is 13.4. The molecule has 0 aromatic carbocycles. The Hall–Kier alpha value is -2.00. The number of hydrogen-bond acceptors (Lipinski definition) is 7. The minimum absolute atomic E-state index is 0.0249. The largest absolute Gasteiger partial charge is 0.322 e. The van der Waals surface area contributed by atoms with Crippen molar-refractivity contribution in [1.29, 1.82) is 0 Å². The Morgan fingerprint density at radius 2 is 2.21 bits per heavy atom. The molecule has 0 aliphatic carbocycles. The molecule has 2 aromatic heterocycles. The van der Waals surface area contributed by atoms with Crippen molar-refractivity contribution < 1.29 is 4.92 Å². The lowest BCUT2D eigenvalue weighted by Crippen LogP contribution is -2.06. The van der Waals surface area contributed by atoms with E-state index in [1.54, 1.807) is 0 Å². The number of hydrogen-bond donors (Lipinski definition) is 1. The molecule has 0 saturated carbocycles. The van der Waals surface area contributed by atoms with Gasteiger partial charge in [-0.1, -0.05) is 0 Å². The number of nitrogens with one attached hydrogen (secondary N) is 1. The Balaban J connectivity index is 2.50. The van der Waals surface area contributed by atoms with E-state index in [9.17, 15) is 14.9 Å². The molecule has 19 heavy (non-hydrogen) atoms. The summed E-state index contributed by atoms with van der Waals surface area (Å²) in [6, 6.07) is 1.23. The quantitative estimate of drug-likeness (QED) is 0.396. The maximum absolute atomic E-state index is 11.1. The van der Waals surface area contributed by atoms with E-state index in [2.05, 4.69) is 19.9 Å². The van der Waals surface area contributed by atoms with Crippen molar-refractivity contribution in [3.05, 3.63) is 43.7 Å². The van der Waals surface area contributed by atoms with E-state index in [-0.39, 0.29) is 32.4 Å². The third kappa shape index (κ3) is 3.06. The molecule has 0 aliphatic heterocycles. The topological polar surface area (TPSA) is 115 Å². The molecule has 1 N–H and O–H groups in total. The van der Waals surface area contributed by atoms with E-state index >= 15 is 0 Å². The molecule has 2 heterocycles. The predicted molar refractivity (Wildman–Crippen MR) is 67.4 cm³/mol. The zero-order chi connectivity index (χ0) is 14.0. The molecule has 0 radical (unpaired) electrons. The summed E-state index contributed by atoms with van der Waals surface area (Å²) in [7, 11) is 0. The average Bonchev–Trinajstić information content (AvgIpc) is 2.26. The molecule has 2 rings (SSSR count). The summed E-state index contributed by atoms with van der Waals surface area (Å²) in [5, 5.41) is 11.1. The van der Waals surface area contributed by atoms with Crippen molar-refractivity contribution in [3.8, 4) is 0 Å². The summed E-state index contributed by atoms with van der Waals surface area (Å²) in [5.74, 6) is 0. The zero-order valence-corrected chi connectivity index (χ0v) is 11.0. The molecule has 0 amide bonds. The third-order valence-corrected chi connectivity index (χ3v) is 3.07. The second-order valence-corrected chi connectivity index (χ2v) is 4.65. The number of H-pyrrole nitrogens is 1. The summed E-state index contributed by atoms with van der Waals surface area (Å²) in [4.78, 5) is 35.3. The van der Waals surface area contributed by atoms with Crippen LogP contribution in [0, 0.1) is 17.0 Å². The number of rotatable bonds is 3. The second kappa shape index (κ2) is 5.33. The number of nitrogens with zero attached hydrogens (tertiary/aromatic N) is 4. The van der Waals surface area contributed by atoms with Crippen LogP contribution in [0.4, 0.5) is 5.69 Å². The number of aromatic nitrogens is 4. The van der Waals surface area contributed by atoms with Crippen LogP contribution >= 0.6 is 23.4 Å². The van der Waals surface area contributed by atoms with Gasteiger partial charge in [-0.2, -0.15) is 0 Å². The third-order valence-electron chi connectivity index (χ3n) is 2.02. The monoisotopic (exact) mass is 299 g/mol. The molecule has 0 bridgehead atoms. The van der Waals surface area contributed by atoms with Crippen molar-refractivity contribution in [2.24, 2.45) is 0 Å². The minimum atomic E-state index is -0.602. The fourth-order valence-electron chi connectivity index (χ4n) is 1.28. The number of nitro groups is 1. The van der Waals surface area contributed by atoms with Gasteiger partial charge < -0.3 is 4.98 Å². The highest BCUT2D eigenvalue weighted by molar-refractivity contribution is 7.99. The van der Waals surface area contributed by atoms with Crippen molar-refractivity contribution in [3.63, 3.8) is 0 Å². The highest BCUT2D eigenvalue weighted by Crippen LogP contribution is 2.33. The molecule has 0 spiro atoms. The van der Waals surface area contributed by atoms with Crippen molar-refractivity contribution >= 4 is 29.1 Å². The van der Waals surface area contributed by atoms with Gasteiger partial charge in [-0.15, -0.1) is 0 Å². The van der Waals surface area contributed by atoms with Gasteiger partial charge in [0.15, 0.2) is 10.2 Å². The van der Waals surface area contributed by atoms with Gasteiger partial charge in [0.05, 0.1) is 4.92 Å². The van der Waals surface area contributed by atoms with Gasteiger partial charge in [-0.05, 0) is 30.3 Å². The number of halogens is 1. The van der Waals surface area contributed by atoms with Crippen molar-refractivity contribution in [1.82, 2.24) is 19.9 Å². The predicted octanol–water partition coefficient (Wildman–Crippen LogP) is 1.58. The van der Waals surface area contributed by atoms with E-state index < -0.39 is 4.92 Å². The molecular formula is C9H6ClN5O3S. The Kier molecular flexibility index (Phi) is 3.76. The maximum Gasteiger partial charge on any atom is 0.322 e. The van der Waals surface area contributed by atoms with Crippen LogP contribution in [0.3, 0.4) is 0 Å². The van der Waals surface area contributed by atoms with Crippen LogP contribution < -0.4 is 5.56 Å². The van der Waals surface area contributed by atoms with Crippen LogP contribution in [0.15, 0.2) is 27.2 Å². The zero-order valence-electron chi connectivity index (χ0n) is 9.45. The van der Waals surface area contributed by atoms with Crippen LogP contribution in [0.2, 0.25) is 5.28 Å². The van der Waals surface area contributed by atoms with E-state index in [0.29, 0.717) is 0 Å². The summed E-state index contributed by atoms with van der Waals surface area (Å²) in [5.41, 5.74) is -0.483. The first-order chi connectivity index (χ1) is 8.97. The van der Waals surface area contributed by atoms with Crippen molar-refractivity contribution in [2.45, 2.75) is 17.1 Å². The van der Waals surface area contributed by atoms with E-state index in [1.807, 2.05) is 0 Å². The highest BCUT2D eigenvalue weighted by atomic mass is 35.5. The number of aromatic amines is 1. The lowest BCUT2D eigenvalue weighted by atomic mass is 10.4. The molecule has 0 unspecified atom stereocenters. The molecule has 0 aliphatic rings. The standard InChI is InChI=1S/C9H6ClN5O3S/c1-4-6(15(17)18)7(14-8(10)12-4)19-9-11-3-2-5(16)13-9/h2-3H,1H3,(H,11,13,16). The highest BCUT2D eigenvalue weighted by Gasteiger charge is 2.23. The maximum atomic E-state index is 11.1. The van der Waals surface area contributed by atoms with Gasteiger partial charge in [0.1, 0.15) is 5.69 Å². The fourth-order valence-corrected chi connectivity index (χ4v) is 2.45. The Morgan fingerprint density at radius 3 is 2.84 bits per heavy atom. The van der Waals surface area contributed by atoms with Gasteiger partial charge in [0.25, 0.3) is 5.56 Å². The minimum Gasteiger partial charge on any atom is -0.301 e. The molecule has 8 nitrogen and oxygen atoms in total. The molecule has 0 fully saturated rings. The van der Waals surface area contributed by atoms with Crippen LogP contribution in [0.1, 0.15) is 5.69 Å². The molecular weight excluding hydrogens is 294 g/mol. The average molecular weight is 300 g/mol. The molecule has 98 valence electrons.